The zero-order valence-electron chi connectivity index (χ0n) is 14.3. The van der Waals surface area contributed by atoms with Crippen molar-refractivity contribution >= 4 is 22.6 Å². The van der Waals surface area contributed by atoms with E-state index in [1.807, 2.05) is 41.9 Å². The van der Waals surface area contributed by atoms with Gasteiger partial charge in [0.1, 0.15) is 5.82 Å². The van der Waals surface area contributed by atoms with Crippen LogP contribution in [0, 0.1) is 0 Å². The van der Waals surface area contributed by atoms with Gasteiger partial charge < -0.3 is 9.88 Å². The summed E-state index contributed by atoms with van der Waals surface area (Å²) in [7, 11) is 1.92. The largest absolute Gasteiger partial charge is 0.350 e. The van der Waals surface area contributed by atoms with Crippen LogP contribution in [0.15, 0.2) is 53.5 Å². The van der Waals surface area contributed by atoms with Crippen LogP contribution in [0.3, 0.4) is 0 Å². The van der Waals surface area contributed by atoms with Crippen LogP contribution in [-0.2, 0) is 24.9 Å². The predicted molar refractivity (Wildman–Crippen MR) is 96.6 cm³/mol. The molecule has 0 aliphatic carbocycles. The SMILES string of the molecule is Cn1c(CNC(=O)CCn2nc3ccccn3c2=O)nc2ccccc21. The molecule has 0 aliphatic heterocycles. The Labute approximate surface area is 148 Å². The number of carbonyl (C=O) groups is 1. The first-order chi connectivity index (χ1) is 12.6. The summed E-state index contributed by atoms with van der Waals surface area (Å²) in [5.74, 6) is 0.630. The minimum absolute atomic E-state index is 0.152. The molecule has 1 aromatic carbocycles. The van der Waals surface area contributed by atoms with Gasteiger partial charge in [-0.3, -0.25) is 9.20 Å². The fourth-order valence-corrected chi connectivity index (χ4v) is 2.94. The van der Waals surface area contributed by atoms with Crippen molar-refractivity contribution in [2.45, 2.75) is 19.5 Å². The summed E-state index contributed by atoms with van der Waals surface area (Å²) in [6.07, 6.45) is 1.83. The van der Waals surface area contributed by atoms with Gasteiger partial charge in [-0.1, -0.05) is 18.2 Å². The molecule has 26 heavy (non-hydrogen) atoms. The van der Waals surface area contributed by atoms with E-state index in [1.54, 1.807) is 18.3 Å². The number of carbonyl (C=O) groups excluding carboxylic acids is 1. The van der Waals surface area contributed by atoms with Crippen LogP contribution in [0.4, 0.5) is 0 Å². The van der Waals surface area contributed by atoms with E-state index in [0.29, 0.717) is 12.2 Å². The van der Waals surface area contributed by atoms with E-state index in [2.05, 4.69) is 15.4 Å². The maximum atomic E-state index is 12.2. The van der Waals surface area contributed by atoms with Gasteiger partial charge in [-0.05, 0) is 24.3 Å². The third-order valence-corrected chi connectivity index (χ3v) is 4.36. The summed E-state index contributed by atoms with van der Waals surface area (Å²) < 4.78 is 4.73. The zero-order valence-corrected chi connectivity index (χ0v) is 14.3. The van der Waals surface area contributed by atoms with Crippen molar-refractivity contribution in [2.75, 3.05) is 0 Å². The molecule has 0 atom stereocenters. The number of amides is 1. The van der Waals surface area contributed by atoms with Crippen molar-refractivity contribution in [3.8, 4) is 0 Å². The summed E-state index contributed by atoms with van der Waals surface area (Å²) in [5, 5.41) is 7.07. The Morgan fingerprint density at radius 3 is 2.77 bits per heavy atom. The molecule has 8 nitrogen and oxygen atoms in total. The fourth-order valence-electron chi connectivity index (χ4n) is 2.94. The highest BCUT2D eigenvalue weighted by atomic mass is 16.2. The van der Waals surface area contributed by atoms with Gasteiger partial charge in [-0.2, -0.15) is 0 Å². The Morgan fingerprint density at radius 1 is 1.15 bits per heavy atom. The lowest BCUT2D eigenvalue weighted by atomic mass is 10.3. The van der Waals surface area contributed by atoms with E-state index >= 15 is 0 Å². The Morgan fingerprint density at radius 2 is 1.96 bits per heavy atom. The smallest absolute Gasteiger partial charge is 0.349 e. The van der Waals surface area contributed by atoms with Gasteiger partial charge in [0.2, 0.25) is 5.91 Å². The minimum atomic E-state index is -0.247. The Kier molecular flexibility index (Phi) is 4.00. The van der Waals surface area contributed by atoms with Crippen molar-refractivity contribution in [1.29, 1.82) is 0 Å². The van der Waals surface area contributed by atoms with Crippen molar-refractivity contribution in [1.82, 2.24) is 29.0 Å². The Balaban J connectivity index is 1.40. The summed E-state index contributed by atoms with van der Waals surface area (Å²) in [6, 6.07) is 13.2. The number of aryl methyl sites for hydroxylation is 2. The number of rotatable bonds is 5. The van der Waals surface area contributed by atoms with Crippen LogP contribution in [0.2, 0.25) is 0 Å². The molecule has 4 aromatic rings. The first-order valence-corrected chi connectivity index (χ1v) is 8.35. The predicted octanol–water partition coefficient (Wildman–Crippen LogP) is 1.09. The van der Waals surface area contributed by atoms with Gasteiger partial charge in [-0.15, -0.1) is 5.10 Å². The maximum Gasteiger partial charge on any atom is 0.350 e. The van der Waals surface area contributed by atoms with E-state index in [-0.39, 0.29) is 24.6 Å². The first-order valence-electron chi connectivity index (χ1n) is 8.35. The van der Waals surface area contributed by atoms with Gasteiger partial charge in [0.05, 0.1) is 24.1 Å². The fraction of sp³-hybridized carbons (Fsp3) is 0.222. The van der Waals surface area contributed by atoms with E-state index in [0.717, 1.165) is 16.9 Å². The number of hydrogen-bond acceptors (Lipinski definition) is 4. The Bertz CT molecular complexity index is 1150. The van der Waals surface area contributed by atoms with Crippen LogP contribution in [0.5, 0.6) is 0 Å². The number of imidazole rings is 1. The van der Waals surface area contributed by atoms with Gasteiger partial charge in [0, 0.05) is 19.7 Å². The normalized spacial score (nSPS) is 11.3. The number of nitrogens with zero attached hydrogens (tertiary/aromatic N) is 5. The molecule has 0 bridgehead atoms. The van der Waals surface area contributed by atoms with Crippen molar-refractivity contribution < 1.29 is 4.79 Å². The van der Waals surface area contributed by atoms with E-state index in [1.165, 1.54) is 9.08 Å². The molecule has 0 unspecified atom stereocenters. The number of pyridine rings is 1. The van der Waals surface area contributed by atoms with E-state index < -0.39 is 0 Å². The van der Waals surface area contributed by atoms with Crippen LogP contribution in [-0.4, -0.2) is 29.6 Å². The van der Waals surface area contributed by atoms with Gasteiger partial charge in [0.15, 0.2) is 5.65 Å². The molecule has 0 saturated carbocycles. The molecule has 4 rings (SSSR count). The molecule has 1 amide bonds. The first kappa shape index (κ1) is 16.1. The number of benzene rings is 1. The van der Waals surface area contributed by atoms with E-state index in [9.17, 15) is 9.59 Å². The molecular weight excluding hydrogens is 332 g/mol. The molecule has 0 aliphatic rings. The molecule has 1 N–H and O–H groups in total. The second kappa shape index (κ2) is 6.47. The number of aromatic nitrogens is 5. The minimum Gasteiger partial charge on any atom is -0.349 e. The average Bonchev–Trinajstić information content (AvgIpc) is 3.16. The molecule has 0 spiro atoms. The third-order valence-electron chi connectivity index (χ3n) is 4.36. The second-order valence-corrected chi connectivity index (χ2v) is 6.04. The third kappa shape index (κ3) is 2.85. The Hall–Kier alpha value is -3.42. The number of hydrogen-bond donors (Lipinski definition) is 1. The highest BCUT2D eigenvalue weighted by Gasteiger charge is 2.11. The molecule has 8 heteroatoms. The number of nitrogens with one attached hydrogen (secondary N) is 1. The lowest BCUT2D eigenvalue weighted by molar-refractivity contribution is -0.121. The van der Waals surface area contributed by atoms with Crippen LogP contribution >= 0.6 is 0 Å². The van der Waals surface area contributed by atoms with Crippen molar-refractivity contribution in [3.63, 3.8) is 0 Å². The lowest BCUT2D eigenvalue weighted by Gasteiger charge is -2.05. The molecule has 3 heterocycles. The molecule has 132 valence electrons. The van der Waals surface area contributed by atoms with Crippen LogP contribution in [0.25, 0.3) is 16.7 Å². The van der Waals surface area contributed by atoms with Gasteiger partial charge >= 0.3 is 5.69 Å². The highest BCUT2D eigenvalue weighted by molar-refractivity contribution is 5.77. The second-order valence-electron chi connectivity index (χ2n) is 6.04. The van der Waals surface area contributed by atoms with Gasteiger partial charge in [0.25, 0.3) is 0 Å². The molecule has 0 saturated heterocycles. The summed E-state index contributed by atoms with van der Waals surface area (Å²) in [5.41, 5.74) is 2.24. The molecule has 3 aromatic heterocycles. The number of fused-ring (bicyclic) bond motifs is 2. The van der Waals surface area contributed by atoms with Crippen molar-refractivity contribution in [2.24, 2.45) is 7.05 Å². The summed E-state index contributed by atoms with van der Waals surface area (Å²) in [6.45, 7) is 0.568. The monoisotopic (exact) mass is 350 g/mol. The van der Waals surface area contributed by atoms with Crippen molar-refractivity contribution in [3.05, 3.63) is 65.0 Å². The maximum absolute atomic E-state index is 12.2. The van der Waals surface area contributed by atoms with Gasteiger partial charge in [-0.25, -0.2) is 14.5 Å². The standard InChI is InChI=1S/C18H18N6O2/c1-22-14-7-3-2-6-13(14)20-16(22)12-19-17(25)9-11-24-18(26)23-10-5-4-8-15(23)21-24/h2-8,10H,9,11-12H2,1H3,(H,19,25). The quantitative estimate of drug-likeness (QED) is 0.584. The molecular formula is C18H18N6O2. The highest BCUT2D eigenvalue weighted by Crippen LogP contribution is 2.13. The lowest BCUT2D eigenvalue weighted by Crippen LogP contribution is -2.28. The summed E-state index contributed by atoms with van der Waals surface area (Å²) in [4.78, 5) is 28.9. The average molecular weight is 350 g/mol. The number of para-hydroxylation sites is 2. The zero-order chi connectivity index (χ0) is 18.1. The van der Waals surface area contributed by atoms with Crippen LogP contribution in [0.1, 0.15) is 12.2 Å². The molecule has 0 radical (unpaired) electrons. The van der Waals surface area contributed by atoms with Crippen LogP contribution < -0.4 is 11.0 Å². The summed E-state index contributed by atoms with van der Waals surface area (Å²) >= 11 is 0. The topological polar surface area (TPSA) is 86.2 Å². The van der Waals surface area contributed by atoms with E-state index in [4.69, 9.17) is 0 Å². The molecule has 0 fully saturated rings.